The number of benzene rings is 2. The molecule has 0 spiro atoms. The van der Waals surface area contributed by atoms with E-state index >= 15 is 0 Å². The van der Waals surface area contributed by atoms with Crippen LogP contribution < -0.4 is 10.2 Å². The summed E-state index contributed by atoms with van der Waals surface area (Å²) in [6.07, 6.45) is 4.19. The van der Waals surface area contributed by atoms with Crippen molar-refractivity contribution in [2.24, 2.45) is 0 Å². The molecule has 3 heterocycles. The standard InChI is InChI=1S/C23H20N4OS/c28-22(26-23-24-12-15-29-23)20-11-8-17-4-3-5-19(21(17)25-20)16-6-9-18(10-7-16)27-13-1-2-14-27/h3-12,15H,1-2,13-14H2,(H,24,26,28). The molecule has 0 atom stereocenters. The average Bonchev–Trinajstić information content (AvgIpc) is 3.47. The van der Waals surface area contributed by atoms with Crippen molar-refractivity contribution in [3.63, 3.8) is 0 Å². The number of carbonyl (C=O) groups is 1. The molecule has 0 bridgehead atoms. The molecule has 2 aromatic carbocycles. The Hall–Kier alpha value is -3.25. The summed E-state index contributed by atoms with van der Waals surface area (Å²) in [6.45, 7) is 2.26. The quantitative estimate of drug-likeness (QED) is 0.511. The van der Waals surface area contributed by atoms with E-state index in [1.165, 1.54) is 29.9 Å². The van der Waals surface area contributed by atoms with Gasteiger partial charge in [-0.2, -0.15) is 0 Å². The van der Waals surface area contributed by atoms with E-state index in [1.807, 2.05) is 23.6 Å². The number of carbonyl (C=O) groups excluding carboxylic acids is 1. The Bertz CT molecular complexity index is 1150. The van der Waals surface area contributed by atoms with E-state index in [1.54, 1.807) is 12.3 Å². The molecule has 5 nitrogen and oxygen atoms in total. The third-order valence-electron chi connectivity index (χ3n) is 5.26. The number of aromatic nitrogens is 2. The number of anilines is 2. The van der Waals surface area contributed by atoms with Gasteiger partial charge in [-0.25, -0.2) is 9.97 Å². The highest BCUT2D eigenvalue weighted by Crippen LogP contribution is 2.30. The molecule has 1 fully saturated rings. The molecule has 1 aliphatic rings. The van der Waals surface area contributed by atoms with E-state index < -0.39 is 0 Å². The number of para-hydroxylation sites is 1. The van der Waals surface area contributed by atoms with Crippen LogP contribution in [0.15, 0.2) is 66.2 Å². The van der Waals surface area contributed by atoms with Crippen LogP contribution in [0, 0.1) is 0 Å². The number of thiazole rings is 1. The summed E-state index contributed by atoms with van der Waals surface area (Å²) in [7, 11) is 0. The summed E-state index contributed by atoms with van der Waals surface area (Å²) in [6, 6.07) is 18.5. The van der Waals surface area contributed by atoms with Crippen molar-refractivity contribution >= 4 is 39.0 Å². The molecule has 1 saturated heterocycles. The fourth-order valence-electron chi connectivity index (χ4n) is 3.78. The number of hydrogen-bond acceptors (Lipinski definition) is 5. The predicted molar refractivity (Wildman–Crippen MR) is 119 cm³/mol. The predicted octanol–water partition coefficient (Wildman–Crippen LogP) is 5.21. The van der Waals surface area contributed by atoms with Gasteiger partial charge in [-0.1, -0.05) is 36.4 Å². The van der Waals surface area contributed by atoms with Gasteiger partial charge < -0.3 is 4.90 Å². The van der Waals surface area contributed by atoms with Crippen LogP contribution in [0.3, 0.4) is 0 Å². The summed E-state index contributed by atoms with van der Waals surface area (Å²) >= 11 is 1.39. The third kappa shape index (κ3) is 3.59. The SMILES string of the molecule is O=C(Nc1nccs1)c1ccc2cccc(-c3ccc(N4CCCC4)cc3)c2n1. The van der Waals surface area contributed by atoms with Crippen LogP contribution in [-0.2, 0) is 0 Å². The van der Waals surface area contributed by atoms with Crippen LogP contribution in [-0.4, -0.2) is 29.0 Å². The van der Waals surface area contributed by atoms with E-state index in [2.05, 4.69) is 50.5 Å². The Kier molecular flexibility index (Phi) is 4.69. The zero-order valence-corrected chi connectivity index (χ0v) is 16.7. The highest BCUT2D eigenvalue weighted by molar-refractivity contribution is 7.13. The van der Waals surface area contributed by atoms with Gasteiger partial charge in [0, 0.05) is 41.3 Å². The molecule has 6 heteroatoms. The number of fused-ring (bicyclic) bond motifs is 1. The maximum absolute atomic E-state index is 12.6. The van der Waals surface area contributed by atoms with Gasteiger partial charge in [-0.15, -0.1) is 11.3 Å². The van der Waals surface area contributed by atoms with Gasteiger partial charge in [0.05, 0.1) is 5.52 Å². The van der Waals surface area contributed by atoms with Crippen molar-refractivity contribution in [1.29, 1.82) is 0 Å². The maximum Gasteiger partial charge on any atom is 0.276 e. The molecule has 2 aromatic heterocycles. The van der Waals surface area contributed by atoms with Gasteiger partial charge in [-0.05, 0) is 36.6 Å². The molecule has 144 valence electrons. The van der Waals surface area contributed by atoms with E-state index in [-0.39, 0.29) is 5.91 Å². The van der Waals surface area contributed by atoms with Gasteiger partial charge in [0.15, 0.2) is 5.13 Å². The van der Waals surface area contributed by atoms with Crippen molar-refractivity contribution in [2.45, 2.75) is 12.8 Å². The number of amides is 1. The van der Waals surface area contributed by atoms with Gasteiger partial charge in [0.2, 0.25) is 0 Å². The van der Waals surface area contributed by atoms with E-state index in [0.717, 1.165) is 35.1 Å². The van der Waals surface area contributed by atoms with E-state index in [9.17, 15) is 4.79 Å². The second-order valence-electron chi connectivity index (χ2n) is 7.11. The summed E-state index contributed by atoms with van der Waals surface area (Å²) < 4.78 is 0. The molecule has 29 heavy (non-hydrogen) atoms. The number of nitrogens with zero attached hydrogens (tertiary/aromatic N) is 3. The summed E-state index contributed by atoms with van der Waals surface area (Å²) in [5.41, 5.74) is 4.60. The van der Waals surface area contributed by atoms with Crippen molar-refractivity contribution in [2.75, 3.05) is 23.3 Å². The van der Waals surface area contributed by atoms with Gasteiger partial charge in [-0.3, -0.25) is 10.1 Å². The normalized spacial score (nSPS) is 13.7. The largest absolute Gasteiger partial charge is 0.372 e. The van der Waals surface area contributed by atoms with Crippen LogP contribution in [0.4, 0.5) is 10.8 Å². The molecule has 0 aliphatic carbocycles. The topological polar surface area (TPSA) is 58.1 Å². The Labute approximate surface area is 173 Å². The van der Waals surface area contributed by atoms with Gasteiger partial charge >= 0.3 is 0 Å². The lowest BCUT2D eigenvalue weighted by molar-refractivity contribution is 0.102. The molecule has 0 saturated carbocycles. The van der Waals surface area contributed by atoms with Crippen LogP contribution in [0.2, 0.25) is 0 Å². The number of hydrogen-bond donors (Lipinski definition) is 1. The Morgan fingerprint density at radius 2 is 1.83 bits per heavy atom. The lowest BCUT2D eigenvalue weighted by Crippen LogP contribution is -2.17. The van der Waals surface area contributed by atoms with Crippen LogP contribution in [0.5, 0.6) is 0 Å². The fourth-order valence-corrected chi connectivity index (χ4v) is 4.30. The minimum atomic E-state index is -0.249. The van der Waals surface area contributed by atoms with Crippen molar-refractivity contribution < 1.29 is 4.79 Å². The Morgan fingerprint density at radius 1 is 1.00 bits per heavy atom. The first-order valence-corrected chi connectivity index (χ1v) is 10.6. The number of pyridine rings is 1. The molecule has 1 N–H and O–H groups in total. The van der Waals surface area contributed by atoms with Gasteiger partial charge in [0.1, 0.15) is 5.69 Å². The molecular weight excluding hydrogens is 380 g/mol. The highest BCUT2D eigenvalue weighted by atomic mass is 32.1. The second-order valence-corrected chi connectivity index (χ2v) is 8.00. The Balaban J connectivity index is 1.49. The summed E-state index contributed by atoms with van der Waals surface area (Å²) in [5, 5.41) is 6.21. The van der Waals surface area contributed by atoms with Crippen LogP contribution >= 0.6 is 11.3 Å². The zero-order chi connectivity index (χ0) is 19.6. The first-order chi connectivity index (χ1) is 14.3. The van der Waals surface area contributed by atoms with E-state index in [0.29, 0.717) is 10.8 Å². The summed E-state index contributed by atoms with van der Waals surface area (Å²) in [5.74, 6) is -0.249. The third-order valence-corrected chi connectivity index (χ3v) is 5.94. The second kappa shape index (κ2) is 7.64. The molecule has 0 unspecified atom stereocenters. The fraction of sp³-hybridized carbons (Fsp3) is 0.174. The molecule has 1 aliphatic heterocycles. The van der Waals surface area contributed by atoms with Gasteiger partial charge in [0.25, 0.3) is 5.91 Å². The average molecular weight is 401 g/mol. The monoisotopic (exact) mass is 400 g/mol. The zero-order valence-electron chi connectivity index (χ0n) is 15.8. The van der Waals surface area contributed by atoms with Crippen molar-refractivity contribution in [3.05, 3.63) is 71.9 Å². The van der Waals surface area contributed by atoms with E-state index in [4.69, 9.17) is 0 Å². The molecule has 5 rings (SSSR count). The number of rotatable bonds is 4. The lowest BCUT2D eigenvalue weighted by atomic mass is 10.0. The minimum absolute atomic E-state index is 0.249. The molecule has 4 aromatic rings. The first kappa shape index (κ1) is 17.8. The summed E-state index contributed by atoms with van der Waals surface area (Å²) in [4.78, 5) is 23.8. The van der Waals surface area contributed by atoms with Crippen molar-refractivity contribution in [1.82, 2.24) is 9.97 Å². The lowest BCUT2D eigenvalue weighted by Gasteiger charge is -2.18. The van der Waals surface area contributed by atoms with Crippen molar-refractivity contribution in [3.8, 4) is 11.1 Å². The number of nitrogens with one attached hydrogen (secondary N) is 1. The smallest absolute Gasteiger partial charge is 0.276 e. The molecule has 1 amide bonds. The molecular formula is C23H20N4OS. The Morgan fingerprint density at radius 3 is 2.59 bits per heavy atom. The van der Waals surface area contributed by atoms with Crippen LogP contribution in [0.25, 0.3) is 22.0 Å². The maximum atomic E-state index is 12.6. The minimum Gasteiger partial charge on any atom is -0.372 e. The first-order valence-electron chi connectivity index (χ1n) is 9.74. The van der Waals surface area contributed by atoms with Crippen LogP contribution in [0.1, 0.15) is 23.3 Å². The molecule has 0 radical (unpaired) electrons. The highest BCUT2D eigenvalue weighted by Gasteiger charge is 2.14.